The Morgan fingerprint density at radius 1 is 1.43 bits per heavy atom. The monoisotopic (exact) mass is 194 g/mol. The van der Waals surface area contributed by atoms with E-state index in [4.69, 9.17) is 0 Å². The first kappa shape index (κ1) is 12.7. The fourth-order valence-corrected chi connectivity index (χ4v) is 0.990. The Kier molecular flexibility index (Phi) is 6.41. The number of nitrogens with one attached hydrogen (secondary N) is 2. The molecular formula is C11H18N2O. The number of carbonyl (C=O) groups is 1. The molecule has 3 heteroatoms. The molecule has 0 saturated heterocycles. The van der Waals surface area contributed by atoms with Crippen LogP contribution < -0.4 is 10.6 Å². The highest BCUT2D eigenvalue weighted by Crippen LogP contribution is 2.06. The highest BCUT2D eigenvalue weighted by molar-refractivity contribution is 5.77. The predicted molar refractivity (Wildman–Crippen MR) is 60.0 cm³/mol. The average Bonchev–Trinajstić information content (AvgIpc) is 2.22. The van der Waals surface area contributed by atoms with Crippen LogP contribution in [0.15, 0.2) is 35.6 Å². The molecule has 0 rings (SSSR count). The van der Waals surface area contributed by atoms with Gasteiger partial charge in [-0.3, -0.25) is 4.79 Å². The van der Waals surface area contributed by atoms with E-state index in [1.807, 2.05) is 20.0 Å². The van der Waals surface area contributed by atoms with Gasteiger partial charge >= 0.3 is 0 Å². The zero-order valence-corrected chi connectivity index (χ0v) is 9.05. The molecule has 78 valence electrons. The minimum atomic E-state index is 0.554. The van der Waals surface area contributed by atoms with Gasteiger partial charge in [0.05, 0.1) is 0 Å². The molecule has 0 aromatic heterocycles. The summed E-state index contributed by atoms with van der Waals surface area (Å²) in [6.45, 7) is 6.17. The summed E-state index contributed by atoms with van der Waals surface area (Å²) in [6.07, 6.45) is 4.43. The summed E-state index contributed by atoms with van der Waals surface area (Å²) in [7, 11) is 3.64. The third-order valence-corrected chi connectivity index (χ3v) is 1.87. The molecule has 0 aromatic carbocycles. The largest absolute Gasteiger partial charge is 0.392 e. The molecule has 0 aliphatic heterocycles. The Balaban J connectivity index is 4.97. The summed E-state index contributed by atoms with van der Waals surface area (Å²) in [5.41, 5.74) is 2.55. The molecular weight excluding hydrogens is 176 g/mol. The Hall–Kier alpha value is -1.35. The zero-order chi connectivity index (χ0) is 11.0. The van der Waals surface area contributed by atoms with E-state index in [1.165, 1.54) is 0 Å². The van der Waals surface area contributed by atoms with Crippen LogP contribution in [0.25, 0.3) is 0 Å². The quantitative estimate of drug-likeness (QED) is 0.377. The summed E-state index contributed by atoms with van der Waals surface area (Å²) in [6, 6.07) is 0. The molecule has 0 radical (unpaired) electrons. The Morgan fingerprint density at radius 2 is 2.07 bits per heavy atom. The van der Waals surface area contributed by atoms with Crippen LogP contribution in [-0.2, 0) is 4.79 Å². The molecule has 0 spiro atoms. The van der Waals surface area contributed by atoms with Crippen LogP contribution in [0, 0.1) is 0 Å². The van der Waals surface area contributed by atoms with Crippen LogP contribution in [0.4, 0.5) is 0 Å². The number of hydrogen-bond acceptors (Lipinski definition) is 3. The van der Waals surface area contributed by atoms with Gasteiger partial charge in [-0.25, -0.2) is 0 Å². The van der Waals surface area contributed by atoms with Gasteiger partial charge in [0.1, 0.15) is 6.29 Å². The van der Waals surface area contributed by atoms with Crippen molar-refractivity contribution < 1.29 is 4.79 Å². The van der Waals surface area contributed by atoms with Gasteiger partial charge in [0.15, 0.2) is 0 Å². The van der Waals surface area contributed by atoms with Gasteiger partial charge in [-0.2, -0.15) is 0 Å². The number of carbonyl (C=O) groups excluding carboxylic acids is 1. The third-order valence-electron chi connectivity index (χ3n) is 1.87. The van der Waals surface area contributed by atoms with E-state index in [0.717, 1.165) is 17.6 Å². The molecule has 0 amide bonds. The normalized spacial score (nSPS) is 13.2. The summed E-state index contributed by atoms with van der Waals surface area (Å²) in [4.78, 5) is 10.8. The molecule has 14 heavy (non-hydrogen) atoms. The smallest absolute Gasteiger partial charge is 0.147 e. The highest BCUT2D eigenvalue weighted by Gasteiger charge is 1.99. The molecule has 0 atom stereocenters. The van der Waals surface area contributed by atoms with Crippen molar-refractivity contribution in [2.24, 2.45) is 0 Å². The minimum absolute atomic E-state index is 0.554. The molecule has 0 aliphatic rings. The second-order valence-electron chi connectivity index (χ2n) is 2.91. The minimum Gasteiger partial charge on any atom is -0.392 e. The first-order chi connectivity index (χ1) is 6.69. The Morgan fingerprint density at radius 3 is 2.43 bits per heavy atom. The number of hydrogen-bond donors (Lipinski definition) is 2. The van der Waals surface area contributed by atoms with E-state index in [1.54, 1.807) is 13.1 Å². The van der Waals surface area contributed by atoms with Crippen molar-refractivity contribution in [2.75, 3.05) is 20.6 Å². The lowest BCUT2D eigenvalue weighted by atomic mass is 10.1. The number of allylic oxidation sites excluding steroid dienone is 4. The molecule has 0 bridgehead atoms. The molecule has 2 N–H and O–H groups in total. The molecule has 0 heterocycles. The maximum absolute atomic E-state index is 10.8. The topological polar surface area (TPSA) is 41.1 Å². The lowest BCUT2D eigenvalue weighted by Crippen LogP contribution is -2.13. The van der Waals surface area contributed by atoms with Crippen LogP contribution in [0.1, 0.15) is 6.92 Å². The van der Waals surface area contributed by atoms with Gasteiger partial charge in [-0.05, 0) is 25.6 Å². The van der Waals surface area contributed by atoms with E-state index >= 15 is 0 Å². The van der Waals surface area contributed by atoms with E-state index in [2.05, 4.69) is 17.2 Å². The first-order valence-electron chi connectivity index (χ1n) is 4.51. The number of aldehydes is 1. The summed E-state index contributed by atoms with van der Waals surface area (Å²) < 4.78 is 0. The fourth-order valence-electron chi connectivity index (χ4n) is 0.990. The Labute approximate surface area is 85.6 Å². The lowest BCUT2D eigenvalue weighted by molar-refractivity contribution is -0.105. The van der Waals surface area contributed by atoms with Crippen LogP contribution in [0.5, 0.6) is 0 Å². The number of rotatable bonds is 6. The van der Waals surface area contributed by atoms with Crippen molar-refractivity contribution in [3.05, 3.63) is 35.6 Å². The molecule has 0 aliphatic carbocycles. The van der Waals surface area contributed by atoms with E-state index < -0.39 is 0 Å². The van der Waals surface area contributed by atoms with Gasteiger partial charge in [0.2, 0.25) is 0 Å². The van der Waals surface area contributed by atoms with Crippen LogP contribution in [-0.4, -0.2) is 26.9 Å². The van der Waals surface area contributed by atoms with Crippen LogP contribution in [0.2, 0.25) is 0 Å². The summed E-state index contributed by atoms with van der Waals surface area (Å²) in [5.74, 6) is 0. The SMILES string of the molecule is C=CC(/C=C(/C)NC)=C(/C=O)CNC. The van der Waals surface area contributed by atoms with Gasteiger partial charge in [0, 0.05) is 24.9 Å². The fraction of sp³-hybridized carbons (Fsp3) is 0.364. The number of likely N-dealkylation sites (N-methyl/N-ethyl adjacent to an activating group) is 1. The highest BCUT2D eigenvalue weighted by atomic mass is 16.1. The predicted octanol–water partition coefficient (Wildman–Crippen LogP) is 1.01. The zero-order valence-electron chi connectivity index (χ0n) is 9.05. The molecule has 0 fully saturated rings. The van der Waals surface area contributed by atoms with Crippen molar-refractivity contribution in [2.45, 2.75) is 6.92 Å². The van der Waals surface area contributed by atoms with Crippen molar-refractivity contribution in [1.82, 2.24) is 10.6 Å². The maximum Gasteiger partial charge on any atom is 0.147 e. The van der Waals surface area contributed by atoms with Crippen molar-refractivity contribution in [3.8, 4) is 0 Å². The maximum atomic E-state index is 10.8. The van der Waals surface area contributed by atoms with E-state index in [9.17, 15) is 4.79 Å². The van der Waals surface area contributed by atoms with Gasteiger partial charge < -0.3 is 10.6 Å². The second kappa shape index (κ2) is 7.09. The van der Waals surface area contributed by atoms with Crippen molar-refractivity contribution >= 4 is 6.29 Å². The summed E-state index contributed by atoms with van der Waals surface area (Å²) in [5, 5.41) is 5.93. The van der Waals surface area contributed by atoms with Gasteiger partial charge in [0.25, 0.3) is 0 Å². The summed E-state index contributed by atoms with van der Waals surface area (Å²) >= 11 is 0. The first-order valence-corrected chi connectivity index (χ1v) is 4.51. The molecule has 0 saturated carbocycles. The average molecular weight is 194 g/mol. The third kappa shape index (κ3) is 4.05. The van der Waals surface area contributed by atoms with Crippen molar-refractivity contribution in [3.63, 3.8) is 0 Å². The van der Waals surface area contributed by atoms with Gasteiger partial charge in [-0.15, -0.1) is 0 Å². The lowest BCUT2D eigenvalue weighted by Gasteiger charge is -2.04. The van der Waals surface area contributed by atoms with E-state index in [0.29, 0.717) is 12.1 Å². The molecule has 3 nitrogen and oxygen atoms in total. The van der Waals surface area contributed by atoms with Crippen LogP contribution in [0.3, 0.4) is 0 Å². The molecule has 0 unspecified atom stereocenters. The van der Waals surface area contributed by atoms with Crippen LogP contribution >= 0.6 is 0 Å². The second-order valence-corrected chi connectivity index (χ2v) is 2.91. The van der Waals surface area contributed by atoms with Crippen molar-refractivity contribution in [1.29, 1.82) is 0 Å². The Bertz CT molecular complexity index is 264. The van der Waals surface area contributed by atoms with E-state index in [-0.39, 0.29) is 0 Å². The van der Waals surface area contributed by atoms with Gasteiger partial charge in [-0.1, -0.05) is 12.7 Å². The standard InChI is InChI=1S/C11H18N2O/c1-5-10(6-9(2)13-4)11(8-14)7-12-3/h5-6,8,12-13H,1,7H2,2-4H3/b9-6-,11-10-. The molecule has 0 aromatic rings.